The number of carbonyl (C=O) groups is 1. The van der Waals surface area contributed by atoms with Gasteiger partial charge in [0.1, 0.15) is 17.2 Å². The Morgan fingerprint density at radius 3 is 2.71 bits per heavy atom. The van der Waals surface area contributed by atoms with Gasteiger partial charge >= 0.3 is 5.97 Å². The fourth-order valence-electron chi connectivity index (χ4n) is 1.33. The van der Waals surface area contributed by atoms with Crippen LogP contribution in [0.3, 0.4) is 0 Å². The Balaban J connectivity index is 1.93. The van der Waals surface area contributed by atoms with Gasteiger partial charge in [0.05, 0.1) is 7.11 Å². The third kappa shape index (κ3) is 3.07. The van der Waals surface area contributed by atoms with Gasteiger partial charge in [0.25, 0.3) is 0 Å². The standard InChI is InChI=1S/C13H12O3S/c1-15-11-7-12(17-9-11)13(14)16-8-10-5-3-2-4-6-10/h2-7,9H,8H2,1H3. The summed E-state index contributed by atoms with van der Waals surface area (Å²) in [7, 11) is 1.57. The summed E-state index contributed by atoms with van der Waals surface area (Å²) in [6, 6.07) is 11.3. The molecular formula is C13H12O3S. The maximum absolute atomic E-state index is 11.7. The van der Waals surface area contributed by atoms with Crippen LogP contribution in [0.5, 0.6) is 5.75 Å². The van der Waals surface area contributed by atoms with Crippen LogP contribution in [0.4, 0.5) is 0 Å². The number of ether oxygens (including phenoxy) is 2. The lowest BCUT2D eigenvalue weighted by molar-refractivity contribution is 0.0478. The summed E-state index contributed by atoms with van der Waals surface area (Å²) < 4.78 is 10.2. The van der Waals surface area contributed by atoms with Crippen LogP contribution in [-0.2, 0) is 11.3 Å². The number of thiophene rings is 1. The first kappa shape index (κ1) is 11.7. The summed E-state index contributed by atoms with van der Waals surface area (Å²) in [5.41, 5.74) is 0.976. The molecule has 0 saturated carbocycles. The summed E-state index contributed by atoms with van der Waals surface area (Å²) in [5.74, 6) is 0.365. The fourth-order valence-corrected chi connectivity index (χ4v) is 2.07. The molecule has 1 aromatic carbocycles. The van der Waals surface area contributed by atoms with E-state index in [4.69, 9.17) is 9.47 Å². The molecular weight excluding hydrogens is 236 g/mol. The second-order valence-corrected chi connectivity index (χ2v) is 4.32. The molecule has 0 atom stereocenters. The molecule has 0 aliphatic carbocycles. The van der Waals surface area contributed by atoms with Crippen molar-refractivity contribution >= 4 is 17.3 Å². The molecule has 2 aromatic rings. The molecule has 0 radical (unpaired) electrons. The van der Waals surface area contributed by atoms with E-state index in [1.807, 2.05) is 30.3 Å². The van der Waals surface area contributed by atoms with E-state index in [9.17, 15) is 4.79 Å². The van der Waals surface area contributed by atoms with Crippen LogP contribution in [0.2, 0.25) is 0 Å². The van der Waals surface area contributed by atoms with Crippen LogP contribution in [0.25, 0.3) is 0 Å². The second kappa shape index (κ2) is 5.50. The zero-order valence-corrected chi connectivity index (χ0v) is 10.2. The number of rotatable bonds is 4. The van der Waals surface area contributed by atoms with E-state index in [0.717, 1.165) is 5.56 Å². The second-order valence-electron chi connectivity index (χ2n) is 3.41. The summed E-state index contributed by atoms with van der Waals surface area (Å²) in [6.45, 7) is 0.292. The van der Waals surface area contributed by atoms with Gasteiger partial charge in [-0.2, -0.15) is 0 Å². The van der Waals surface area contributed by atoms with Crippen LogP contribution in [0.15, 0.2) is 41.8 Å². The number of hydrogen-bond acceptors (Lipinski definition) is 4. The minimum atomic E-state index is -0.317. The molecule has 1 heterocycles. The van der Waals surface area contributed by atoms with Crippen LogP contribution < -0.4 is 4.74 Å². The average Bonchev–Trinajstić information content (AvgIpc) is 2.86. The van der Waals surface area contributed by atoms with Gasteiger partial charge in [-0.3, -0.25) is 0 Å². The van der Waals surface area contributed by atoms with Gasteiger partial charge in [-0.25, -0.2) is 4.79 Å². The van der Waals surface area contributed by atoms with Crippen LogP contribution >= 0.6 is 11.3 Å². The highest BCUT2D eigenvalue weighted by Gasteiger charge is 2.10. The summed E-state index contributed by atoms with van der Waals surface area (Å²) >= 11 is 1.32. The molecule has 3 nitrogen and oxygen atoms in total. The van der Waals surface area contributed by atoms with E-state index in [0.29, 0.717) is 17.2 Å². The van der Waals surface area contributed by atoms with Crippen molar-refractivity contribution in [1.29, 1.82) is 0 Å². The van der Waals surface area contributed by atoms with Crippen LogP contribution in [0, 0.1) is 0 Å². The highest BCUT2D eigenvalue weighted by Crippen LogP contribution is 2.22. The minimum absolute atomic E-state index is 0.292. The monoisotopic (exact) mass is 248 g/mol. The number of methoxy groups -OCH3 is 1. The maximum Gasteiger partial charge on any atom is 0.348 e. The Morgan fingerprint density at radius 1 is 1.29 bits per heavy atom. The van der Waals surface area contributed by atoms with E-state index >= 15 is 0 Å². The topological polar surface area (TPSA) is 35.5 Å². The highest BCUT2D eigenvalue weighted by molar-refractivity contribution is 7.12. The molecule has 0 amide bonds. The summed E-state index contributed by atoms with van der Waals surface area (Å²) in [5, 5.41) is 1.78. The lowest BCUT2D eigenvalue weighted by Crippen LogP contribution is -2.02. The van der Waals surface area contributed by atoms with E-state index in [1.54, 1.807) is 18.6 Å². The number of carbonyl (C=O) groups excluding carboxylic acids is 1. The Bertz CT molecular complexity index is 490. The van der Waals surface area contributed by atoms with E-state index in [1.165, 1.54) is 11.3 Å². The Morgan fingerprint density at radius 2 is 2.06 bits per heavy atom. The van der Waals surface area contributed by atoms with Crippen molar-refractivity contribution in [2.45, 2.75) is 6.61 Å². The Hall–Kier alpha value is -1.81. The van der Waals surface area contributed by atoms with Gasteiger partial charge in [0.2, 0.25) is 0 Å². The Kier molecular flexibility index (Phi) is 3.77. The molecule has 4 heteroatoms. The average molecular weight is 248 g/mol. The van der Waals surface area contributed by atoms with Gasteiger partial charge in [-0.15, -0.1) is 11.3 Å². The molecule has 0 aliphatic heterocycles. The van der Waals surface area contributed by atoms with Gasteiger partial charge in [-0.05, 0) is 5.56 Å². The van der Waals surface area contributed by atoms with E-state index in [2.05, 4.69) is 0 Å². The number of benzene rings is 1. The molecule has 0 fully saturated rings. The van der Waals surface area contributed by atoms with Crippen molar-refractivity contribution in [2.24, 2.45) is 0 Å². The highest BCUT2D eigenvalue weighted by atomic mass is 32.1. The van der Waals surface area contributed by atoms with Crippen LogP contribution in [0.1, 0.15) is 15.2 Å². The third-order valence-corrected chi connectivity index (χ3v) is 3.11. The Labute approximate surface area is 104 Å². The quantitative estimate of drug-likeness (QED) is 0.780. The van der Waals surface area contributed by atoms with Crippen molar-refractivity contribution in [3.8, 4) is 5.75 Å². The van der Waals surface area contributed by atoms with Gasteiger partial charge in [0.15, 0.2) is 0 Å². The molecule has 88 valence electrons. The van der Waals surface area contributed by atoms with Crippen molar-refractivity contribution < 1.29 is 14.3 Å². The fraction of sp³-hybridized carbons (Fsp3) is 0.154. The first-order chi connectivity index (χ1) is 8.29. The zero-order chi connectivity index (χ0) is 12.1. The van der Waals surface area contributed by atoms with Crippen molar-refractivity contribution in [3.63, 3.8) is 0 Å². The van der Waals surface area contributed by atoms with Crippen LogP contribution in [-0.4, -0.2) is 13.1 Å². The normalized spacial score (nSPS) is 9.94. The summed E-state index contributed by atoms with van der Waals surface area (Å²) in [6.07, 6.45) is 0. The van der Waals surface area contributed by atoms with Gasteiger partial charge in [0, 0.05) is 11.4 Å². The third-order valence-electron chi connectivity index (χ3n) is 2.23. The van der Waals surface area contributed by atoms with Crippen molar-refractivity contribution in [2.75, 3.05) is 7.11 Å². The minimum Gasteiger partial charge on any atom is -0.496 e. The smallest absolute Gasteiger partial charge is 0.348 e. The predicted octanol–water partition coefficient (Wildman–Crippen LogP) is 3.11. The predicted molar refractivity (Wildman–Crippen MR) is 66.4 cm³/mol. The first-order valence-corrected chi connectivity index (χ1v) is 6.01. The van der Waals surface area contributed by atoms with Crippen molar-refractivity contribution in [1.82, 2.24) is 0 Å². The molecule has 0 aliphatic rings. The SMILES string of the molecule is COc1csc(C(=O)OCc2ccccc2)c1. The molecule has 1 aromatic heterocycles. The largest absolute Gasteiger partial charge is 0.496 e. The van der Waals surface area contributed by atoms with Gasteiger partial charge < -0.3 is 9.47 Å². The molecule has 0 unspecified atom stereocenters. The summed E-state index contributed by atoms with van der Waals surface area (Å²) in [4.78, 5) is 12.2. The molecule has 0 spiro atoms. The maximum atomic E-state index is 11.7. The van der Waals surface area contributed by atoms with E-state index in [-0.39, 0.29) is 5.97 Å². The zero-order valence-electron chi connectivity index (χ0n) is 9.38. The van der Waals surface area contributed by atoms with Crippen molar-refractivity contribution in [3.05, 3.63) is 52.2 Å². The van der Waals surface area contributed by atoms with Gasteiger partial charge in [-0.1, -0.05) is 30.3 Å². The van der Waals surface area contributed by atoms with E-state index < -0.39 is 0 Å². The lowest BCUT2D eigenvalue weighted by Gasteiger charge is -2.02. The molecule has 17 heavy (non-hydrogen) atoms. The lowest BCUT2D eigenvalue weighted by atomic mass is 10.2. The molecule has 2 rings (SSSR count). The molecule has 0 saturated heterocycles. The first-order valence-electron chi connectivity index (χ1n) is 5.13. The molecule has 0 bridgehead atoms. The molecule has 0 N–H and O–H groups in total. The number of esters is 1. The number of hydrogen-bond donors (Lipinski definition) is 0.